The molecule has 0 spiro atoms. The summed E-state index contributed by atoms with van der Waals surface area (Å²) in [6, 6.07) is 5.18. The molecule has 26 heavy (non-hydrogen) atoms. The van der Waals surface area contributed by atoms with Gasteiger partial charge in [-0.1, -0.05) is 12.1 Å². The van der Waals surface area contributed by atoms with Crippen LogP contribution >= 0.6 is 11.3 Å². The van der Waals surface area contributed by atoms with E-state index in [0.717, 1.165) is 28.1 Å². The summed E-state index contributed by atoms with van der Waals surface area (Å²) >= 11 is 1.47. The third-order valence-electron chi connectivity index (χ3n) is 4.74. The molecule has 134 valence electrons. The molecule has 0 amide bonds. The Kier molecular flexibility index (Phi) is 3.80. The molecule has 0 atom stereocenters. The summed E-state index contributed by atoms with van der Waals surface area (Å²) in [6.45, 7) is 4.37. The molecule has 7 heteroatoms. The summed E-state index contributed by atoms with van der Waals surface area (Å²) in [7, 11) is 0. The van der Waals surface area contributed by atoms with Crippen LogP contribution in [0.5, 0.6) is 0 Å². The SMILES string of the molecule is Cc1sc2nc3n(c(=O)c2c1C)CC/C3=C/c1cccc(C(F)(F)F)c1. The van der Waals surface area contributed by atoms with Crippen molar-refractivity contribution in [2.75, 3.05) is 0 Å². The standard InChI is InChI=1S/C19H15F3N2OS/c1-10-11(2)26-17-15(10)18(25)24-7-6-13(16(24)23-17)8-12-4-3-5-14(9-12)19(20,21)22/h3-5,8-9H,6-7H2,1-2H3/b13-8-. The molecule has 4 rings (SSSR count). The number of nitrogens with zero attached hydrogens (tertiary/aromatic N) is 2. The first-order chi connectivity index (χ1) is 12.3. The fraction of sp³-hybridized carbons (Fsp3) is 0.263. The van der Waals surface area contributed by atoms with Crippen molar-refractivity contribution in [1.29, 1.82) is 0 Å². The highest BCUT2D eigenvalue weighted by Crippen LogP contribution is 2.33. The Morgan fingerprint density at radius 2 is 2.04 bits per heavy atom. The first-order valence-electron chi connectivity index (χ1n) is 8.14. The maximum Gasteiger partial charge on any atom is 0.416 e. The fourth-order valence-corrected chi connectivity index (χ4v) is 4.29. The molecular weight excluding hydrogens is 361 g/mol. The first-order valence-corrected chi connectivity index (χ1v) is 8.96. The Bertz CT molecular complexity index is 1120. The van der Waals surface area contributed by atoms with E-state index < -0.39 is 11.7 Å². The number of halogens is 3. The Hall–Kier alpha value is -2.41. The molecule has 1 aliphatic rings. The average Bonchev–Trinajstić information content (AvgIpc) is 3.09. The van der Waals surface area contributed by atoms with Crippen molar-refractivity contribution < 1.29 is 13.2 Å². The van der Waals surface area contributed by atoms with Gasteiger partial charge in [-0.3, -0.25) is 9.36 Å². The van der Waals surface area contributed by atoms with Crippen LogP contribution in [0.4, 0.5) is 13.2 Å². The quantitative estimate of drug-likeness (QED) is 0.596. The lowest BCUT2D eigenvalue weighted by molar-refractivity contribution is -0.137. The van der Waals surface area contributed by atoms with Crippen molar-refractivity contribution in [2.45, 2.75) is 33.0 Å². The van der Waals surface area contributed by atoms with Crippen LogP contribution in [0.2, 0.25) is 0 Å². The third kappa shape index (κ3) is 2.67. The third-order valence-corrected chi connectivity index (χ3v) is 5.84. The van der Waals surface area contributed by atoms with Crippen LogP contribution in [-0.4, -0.2) is 9.55 Å². The van der Waals surface area contributed by atoms with Crippen LogP contribution < -0.4 is 5.56 Å². The van der Waals surface area contributed by atoms with Crippen molar-refractivity contribution >= 4 is 33.2 Å². The van der Waals surface area contributed by atoms with Gasteiger partial charge < -0.3 is 0 Å². The fourth-order valence-electron chi connectivity index (χ4n) is 3.27. The summed E-state index contributed by atoms with van der Waals surface area (Å²) in [5.41, 5.74) is 1.44. The van der Waals surface area contributed by atoms with Gasteiger partial charge in [0.25, 0.3) is 5.56 Å². The molecule has 3 aromatic rings. The first kappa shape index (κ1) is 17.0. The van der Waals surface area contributed by atoms with Crippen LogP contribution in [-0.2, 0) is 12.7 Å². The molecule has 0 fully saturated rings. The van der Waals surface area contributed by atoms with Crippen LogP contribution in [0.1, 0.15) is 33.8 Å². The van der Waals surface area contributed by atoms with Crippen molar-refractivity contribution in [1.82, 2.24) is 9.55 Å². The van der Waals surface area contributed by atoms with Crippen molar-refractivity contribution in [2.24, 2.45) is 0 Å². The largest absolute Gasteiger partial charge is 0.416 e. The number of benzene rings is 1. The van der Waals surface area contributed by atoms with Gasteiger partial charge in [0.15, 0.2) is 0 Å². The predicted octanol–water partition coefficient (Wildman–Crippen LogP) is 5.04. The predicted molar refractivity (Wildman–Crippen MR) is 97.3 cm³/mol. The Morgan fingerprint density at radius 1 is 1.27 bits per heavy atom. The van der Waals surface area contributed by atoms with Gasteiger partial charge in [-0.15, -0.1) is 11.3 Å². The molecule has 0 aliphatic carbocycles. The zero-order valence-electron chi connectivity index (χ0n) is 14.1. The highest BCUT2D eigenvalue weighted by molar-refractivity contribution is 7.18. The van der Waals surface area contributed by atoms with Crippen LogP contribution in [0.25, 0.3) is 21.9 Å². The van der Waals surface area contributed by atoms with Crippen LogP contribution in [0.15, 0.2) is 29.1 Å². The molecule has 1 aliphatic heterocycles. The molecule has 0 saturated carbocycles. The Balaban J connectivity index is 1.85. The van der Waals surface area contributed by atoms with Gasteiger partial charge in [0.1, 0.15) is 10.7 Å². The van der Waals surface area contributed by atoms with Gasteiger partial charge in [-0.05, 0) is 55.2 Å². The summed E-state index contributed by atoms with van der Waals surface area (Å²) in [5.74, 6) is 0.557. The minimum Gasteiger partial charge on any atom is -0.292 e. The molecule has 1 aromatic carbocycles. The van der Waals surface area contributed by atoms with E-state index in [4.69, 9.17) is 0 Å². The normalized spacial score (nSPS) is 15.8. The number of aryl methyl sites for hydroxylation is 2. The summed E-state index contributed by atoms with van der Waals surface area (Å²) < 4.78 is 40.4. The smallest absolute Gasteiger partial charge is 0.292 e. The number of allylic oxidation sites excluding steroid dienone is 1. The van der Waals surface area contributed by atoms with E-state index >= 15 is 0 Å². The summed E-state index contributed by atoms with van der Waals surface area (Å²) in [6.07, 6.45) is -2.11. The topological polar surface area (TPSA) is 34.9 Å². The van der Waals surface area contributed by atoms with Gasteiger partial charge >= 0.3 is 6.18 Å². The molecular formula is C19H15F3N2OS. The molecule has 0 N–H and O–H groups in total. The lowest BCUT2D eigenvalue weighted by Crippen LogP contribution is -2.20. The monoisotopic (exact) mass is 376 g/mol. The van der Waals surface area contributed by atoms with Crippen molar-refractivity contribution in [3.8, 4) is 0 Å². The molecule has 3 nitrogen and oxygen atoms in total. The lowest BCUT2D eigenvalue weighted by atomic mass is 10.1. The second kappa shape index (κ2) is 5.81. The average molecular weight is 376 g/mol. The molecule has 2 aromatic heterocycles. The van der Waals surface area contributed by atoms with Gasteiger partial charge in [0.05, 0.1) is 10.9 Å². The number of hydrogen-bond acceptors (Lipinski definition) is 3. The van der Waals surface area contributed by atoms with Gasteiger partial charge in [-0.2, -0.15) is 13.2 Å². The van der Waals surface area contributed by atoms with E-state index in [2.05, 4.69) is 4.98 Å². The van der Waals surface area contributed by atoms with E-state index in [0.29, 0.717) is 34.6 Å². The molecule has 0 unspecified atom stereocenters. The van der Waals surface area contributed by atoms with Crippen molar-refractivity contribution in [3.63, 3.8) is 0 Å². The van der Waals surface area contributed by atoms with E-state index in [1.807, 2.05) is 13.8 Å². The van der Waals surface area contributed by atoms with E-state index in [9.17, 15) is 18.0 Å². The summed E-state index contributed by atoms with van der Waals surface area (Å²) in [4.78, 5) is 19.2. The van der Waals surface area contributed by atoms with Gasteiger partial charge in [0, 0.05) is 11.4 Å². The van der Waals surface area contributed by atoms with Crippen molar-refractivity contribution in [3.05, 3.63) is 62.0 Å². The minimum atomic E-state index is -4.38. The Labute approximate surface area is 151 Å². The maximum absolute atomic E-state index is 12.9. The molecule has 3 heterocycles. The zero-order chi connectivity index (χ0) is 18.6. The number of thiophene rings is 1. The number of alkyl halides is 3. The lowest BCUT2D eigenvalue weighted by Gasteiger charge is -2.07. The second-order valence-corrected chi connectivity index (χ2v) is 7.60. The second-order valence-electron chi connectivity index (χ2n) is 6.40. The summed E-state index contributed by atoms with van der Waals surface area (Å²) in [5, 5.41) is 0.650. The van der Waals surface area contributed by atoms with Crippen LogP contribution in [0, 0.1) is 13.8 Å². The maximum atomic E-state index is 12.9. The number of hydrogen-bond donors (Lipinski definition) is 0. The molecule has 0 saturated heterocycles. The number of rotatable bonds is 1. The minimum absolute atomic E-state index is 0.0701. The number of fused-ring (bicyclic) bond motifs is 2. The van der Waals surface area contributed by atoms with E-state index in [-0.39, 0.29) is 5.56 Å². The molecule has 0 bridgehead atoms. The zero-order valence-corrected chi connectivity index (χ0v) is 15.0. The highest BCUT2D eigenvalue weighted by atomic mass is 32.1. The van der Waals surface area contributed by atoms with Gasteiger partial charge in [0.2, 0.25) is 0 Å². The van der Waals surface area contributed by atoms with E-state index in [1.54, 1.807) is 16.7 Å². The van der Waals surface area contributed by atoms with E-state index in [1.165, 1.54) is 17.4 Å². The highest BCUT2D eigenvalue weighted by Gasteiger charge is 2.30. The number of aromatic nitrogens is 2. The Morgan fingerprint density at radius 3 is 2.77 bits per heavy atom. The van der Waals surface area contributed by atoms with Crippen LogP contribution in [0.3, 0.4) is 0 Å². The van der Waals surface area contributed by atoms with Gasteiger partial charge in [-0.25, -0.2) is 4.98 Å². The molecule has 0 radical (unpaired) electrons.